The third-order valence-electron chi connectivity index (χ3n) is 3.40. The van der Waals surface area contributed by atoms with Crippen LogP contribution in [0, 0.1) is 5.92 Å². The highest BCUT2D eigenvalue weighted by molar-refractivity contribution is 5.88. The van der Waals surface area contributed by atoms with Crippen molar-refractivity contribution >= 4 is 11.5 Å². The topological polar surface area (TPSA) is 81.4 Å². The number of allylic oxidation sites excluding steroid dienone is 1. The van der Waals surface area contributed by atoms with Crippen LogP contribution >= 0.6 is 0 Å². The molecule has 108 valence electrons. The average Bonchev–Trinajstić information content (AvgIpc) is 2.59. The number of nitrogens with zero attached hydrogens (tertiary/aromatic N) is 2. The molecule has 0 radical (unpaired) electrons. The van der Waals surface area contributed by atoms with Crippen molar-refractivity contribution in [1.29, 1.82) is 0 Å². The lowest BCUT2D eigenvalue weighted by Crippen LogP contribution is -2.30. The number of fused-ring (bicyclic) bond motifs is 1. The van der Waals surface area contributed by atoms with E-state index in [1.807, 2.05) is 6.92 Å². The molecule has 1 unspecified atom stereocenters. The molecule has 0 bridgehead atoms. The maximum atomic E-state index is 12.4. The molecule has 2 rings (SSSR count). The first-order valence-electron chi connectivity index (χ1n) is 6.69. The van der Waals surface area contributed by atoms with E-state index in [2.05, 4.69) is 4.98 Å². The van der Waals surface area contributed by atoms with Crippen molar-refractivity contribution in [3.63, 3.8) is 0 Å². The lowest BCUT2D eigenvalue weighted by molar-refractivity contribution is 0.0523. The number of carbonyl (C=O) groups is 1. The number of carbonyl (C=O) groups excluding carboxylic acids is 1. The van der Waals surface area contributed by atoms with E-state index in [0.717, 1.165) is 12.7 Å². The lowest BCUT2D eigenvalue weighted by atomic mass is 10.0. The fourth-order valence-electron chi connectivity index (χ4n) is 2.33. The Hall–Kier alpha value is -2.11. The zero-order valence-electron chi connectivity index (χ0n) is 11.6. The van der Waals surface area contributed by atoms with Gasteiger partial charge in [0, 0.05) is 18.3 Å². The van der Waals surface area contributed by atoms with E-state index in [-0.39, 0.29) is 12.2 Å². The molecule has 2 heterocycles. The van der Waals surface area contributed by atoms with Gasteiger partial charge in [0.2, 0.25) is 0 Å². The van der Waals surface area contributed by atoms with Crippen LogP contribution in [0.2, 0.25) is 0 Å². The molecular weight excluding hydrogens is 260 g/mol. The highest BCUT2D eigenvalue weighted by Gasteiger charge is 2.23. The van der Waals surface area contributed by atoms with Crippen molar-refractivity contribution in [2.24, 2.45) is 5.92 Å². The monoisotopic (exact) mass is 278 g/mol. The van der Waals surface area contributed by atoms with Gasteiger partial charge in [0.15, 0.2) is 0 Å². The summed E-state index contributed by atoms with van der Waals surface area (Å²) in [5.41, 5.74) is 0.131. The van der Waals surface area contributed by atoms with Crippen LogP contribution in [0.1, 0.15) is 42.9 Å². The molecule has 0 aromatic carbocycles. The SMILES string of the molecule is CCOC(=O)c1cnc2n(c1=O)CCC(C)C/C2=C\O. The van der Waals surface area contributed by atoms with Crippen LogP contribution in [-0.4, -0.2) is 27.2 Å². The molecule has 1 atom stereocenters. The molecule has 1 aliphatic rings. The van der Waals surface area contributed by atoms with Crippen LogP contribution in [0.15, 0.2) is 17.3 Å². The van der Waals surface area contributed by atoms with Gasteiger partial charge in [-0.1, -0.05) is 6.92 Å². The lowest BCUT2D eigenvalue weighted by Gasteiger charge is -2.10. The first-order chi connectivity index (χ1) is 9.58. The van der Waals surface area contributed by atoms with Crippen LogP contribution in [0.5, 0.6) is 0 Å². The summed E-state index contributed by atoms with van der Waals surface area (Å²) < 4.78 is 6.29. The maximum Gasteiger partial charge on any atom is 0.345 e. The molecule has 1 N–H and O–H groups in total. The van der Waals surface area contributed by atoms with Crippen molar-refractivity contribution in [1.82, 2.24) is 9.55 Å². The van der Waals surface area contributed by atoms with E-state index in [0.29, 0.717) is 30.3 Å². The van der Waals surface area contributed by atoms with Crippen LogP contribution in [0.4, 0.5) is 0 Å². The van der Waals surface area contributed by atoms with E-state index in [4.69, 9.17) is 4.74 Å². The Morgan fingerprint density at radius 1 is 1.65 bits per heavy atom. The first kappa shape index (κ1) is 14.3. The molecule has 0 amide bonds. The normalized spacial score (nSPS) is 20.3. The number of hydrogen-bond donors (Lipinski definition) is 1. The van der Waals surface area contributed by atoms with Gasteiger partial charge in [-0.15, -0.1) is 0 Å². The summed E-state index contributed by atoms with van der Waals surface area (Å²) in [4.78, 5) is 28.2. The third-order valence-corrected chi connectivity index (χ3v) is 3.40. The molecule has 1 aromatic heterocycles. The van der Waals surface area contributed by atoms with Gasteiger partial charge in [-0.05, 0) is 25.7 Å². The largest absolute Gasteiger partial charge is 0.515 e. The van der Waals surface area contributed by atoms with E-state index in [1.54, 1.807) is 6.92 Å². The molecule has 6 nitrogen and oxygen atoms in total. The summed E-state index contributed by atoms with van der Waals surface area (Å²) in [6.45, 7) is 4.42. The average molecular weight is 278 g/mol. The minimum atomic E-state index is -0.660. The highest BCUT2D eigenvalue weighted by atomic mass is 16.5. The Morgan fingerprint density at radius 3 is 3.05 bits per heavy atom. The van der Waals surface area contributed by atoms with Crippen molar-refractivity contribution < 1.29 is 14.6 Å². The van der Waals surface area contributed by atoms with Crippen LogP contribution in [-0.2, 0) is 11.3 Å². The number of ether oxygens (including phenoxy) is 1. The Kier molecular flexibility index (Phi) is 4.22. The van der Waals surface area contributed by atoms with Gasteiger partial charge in [0.1, 0.15) is 11.4 Å². The quantitative estimate of drug-likeness (QED) is 0.658. The second-order valence-electron chi connectivity index (χ2n) is 4.93. The first-order valence-corrected chi connectivity index (χ1v) is 6.69. The number of rotatable bonds is 2. The fraction of sp³-hybridized carbons (Fsp3) is 0.500. The van der Waals surface area contributed by atoms with Gasteiger partial charge in [0.05, 0.1) is 12.9 Å². The van der Waals surface area contributed by atoms with Crippen molar-refractivity contribution in [2.45, 2.75) is 33.2 Å². The zero-order valence-corrected chi connectivity index (χ0v) is 11.6. The fourth-order valence-corrected chi connectivity index (χ4v) is 2.33. The molecule has 6 heteroatoms. The Balaban J connectivity index is 2.53. The van der Waals surface area contributed by atoms with Gasteiger partial charge < -0.3 is 9.84 Å². The molecule has 1 aliphatic heterocycles. The molecule has 0 aliphatic carbocycles. The molecular formula is C14H18N2O4. The smallest absolute Gasteiger partial charge is 0.345 e. The summed E-state index contributed by atoms with van der Waals surface area (Å²) in [6.07, 6.45) is 3.66. The molecule has 1 aromatic rings. The van der Waals surface area contributed by atoms with Crippen molar-refractivity contribution in [3.05, 3.63) is 34.2 Å². The van der Waals surface area contributed by atoms with Gasteiger partial charge in [-0.2, -0.15) is 0 Å². The molecule has 0 saturated heterocycles. The summed E-state index contributed by atoms with van der Waals surface area (Å²) >= 11 is 0. The number of esters is 1. The number of aromatic nitrogens is 2. The standard InChI is InChI=1S/C14H18N2O4/c1-3-20-14(19)11-7-15-12-10(8-17)6-9(2)4-5-16(12)13(11)18/h7-9,17H,3-6H2,1-2H3/b10-8+. The van der Waals surface area contributed by atoms with E-state index in [1.165, 1.54) is 10.8 Å². The van der Waals surface area contributed by atoms with Crippen molar-refractivity contribution in [2.75, 3.05) is 6.61 Å². The number of aliphatic hydroxyl groups is 1. The van der Waals surface area contributed by atoms with Crippen LogP contribution in [0.25, 0.3) is 5.57 Å². The van der Waals surface area contributed by atoms with Gasteiger partial charge >= 0.3 is 5.97 Å². The molecule has 20 heavy (non-hydrogen) atoms. The van der Waals surface area contributed by atoms with E-state index < -0.39 is 11.5 Å². The van der Waals surface area contributed by atoms with Gasteiger partial charge in [-0.3, -0.25) is 9.36 Å². The second-order valence-corrected chi connectivity index (χ2v) is 4.93. The highest BCUT2D eigenvalue weighted by Crippen LogP contribution is 2.26. The zero-order chi connectivity index (χ0) is 14.7. The minimum Gasteiger partial charge on any atom is -0.515 e. The maximum absolute atomic E-state index is 12.4. The van der Waals surface area contributed by atoms with Crippen LogP contribution in [0.3, 0.4) is 0 Å². The van der Waals surface area contributed by atoms with Gasteiger partial charge in [0.25, 0.3) is 5.56 Å². The van der Waals surface area contributed by atoms with Gasteiger partial charge in [-0.25, -0.2) is 9.78 Å². The predicted octanol–water partition coefficient (Wildman–Crippen LogP) is 1.75. The molecule has 0 saturated carbocycles. The summed E-state index contributed by atoms with van der Waals surface area (Å²) in [5.74, 6) is 0.0996. The summed E-state index contributed by atoms with van der Waals surface area (Å²) in [6, 6.07) is 0. The Bertz CT molecular complexity index is 604. The summed E-state index contributed by atoms with van der Waals surface area (Å²) in [5, 5.41) is 9.33. The number of aliphatic hydroxyl groups excluding tert-OH is 1. The van der Waals surface area contributed by atoms with E-state index in [9.17, 15) is 14.7 Å². The Morgan fingerprint density at radius 2 is 2.40 bits per heavy atom. The van der Waals surface area contributed by atoms with Crippen molar-refractivity contribution in [3.8, 4) is 0 Å². The minimum absolute atomic E-state index is 0.0672. The molecule has 0 fully saturated rings. The third kappa shape index (κ3) is 2.59. The van der Waals surface area contributed by atoms with Crippen LogP contribution < -0.4 is 5.56 Å². The Labute approximate surface area is 116 Å². The predicted molar refractivity (Wildman–Crippen MR) is 73.5 cm³/mol. The van der Waals surface area contributed by atoms with E-state index >= 15 is 0 Å². The number of hydrogen-bond acceptors (Lipinski definition) is 5. The molecule has 0 spiro atoms. The second kappa shape index (κ2) is 5.90. The summed E-state index contributed by atoms with van der Waals surface area (Å²) in [7, 11) is 0.